The van der Waals surface area contributed by atoms with Crippen LogP contribution >= 0.6 is 0 Å². The number of hydrogen-bond donors (Lipinski definition) is 1. The number of benzene rings is 1. The summed E-state index contributed by atoms with van der Waals surface area (Å²) in [6.45, 7) is 6.95. The van der Waals surface area contributed by atoms with Gasteiger partial charge in [0.15, 0.2) is 0 Å². The third kappa shape index (κ3) is 3.73. The average Bonchev–Trinajstić information content (AvgIpc) is 2.18. The molecule has 0 amide bonds. The van der Waals surface area contributed by atoms with Gasteiger partial charge in [0.2, 0.25) is 0 Å². The van der Waals surface area contributed by atoms with Gasteiger partial charge >= 0.3 is 0 Å². The van der Waals surface area contributed by atoms with Crippen LogP contribution in [0.25, 0.3) is 0 Å². The number of rotatable bonds is 3. The van der Waals surface area contributed by atoms with Crippen molar-refractivity contribution in [1.29, 1.82) is 5.26 Å². The summed E-state index contributed by atoms with van der Waals surface area (Å²) in [5.74, 6) is 0. The van der Waals surface area contributed by atoms with Gasteiger partial charge in [0, 0.05) is 6.54 Å². The van der Waals surface area contributed by atoms with Crippen LogP contribution in [0.2, 0.25) is 0 Å². The molecule has 0 heterocycles. The fourth-order valence-corrected chi connectivity index (χ4v) is 1.36. The lowest BCUT2D eigenvalue weighted by molar-refractivity contribution is 0.319. The molecule has 0 spiro atoms. The quantitative estimate of drug-likeness (QED) is 0.818. The van der Waals surface area contributed by atoms with Crippen molar-refractivity contribution in [3.8, 4) is 6.07 Å². The smallest absolute Gasteiger partial charge is 0.100 e. The van der Waals surface area contributed by atoms with Crippen molar-refractivity contribution in [2.75, 3.05) is 0 Å². The van der Waals surface area contributed by atoms with Crippen molar-refractivity contribution in [2.24, 2.45) is 5.41 Å². The Morgan fingerprint density at radius 3 is 2.33 bits per heavy atom. The molecule has 0 bridgehead atoms. The summed E-state index contributed by atoms with van der Waals surface area (Å²) in [5.41, 5.74) is 1.19. The highest BCUT2D eigenvalue weighted by molar-refractivity contribution is 5.15. The highest BCUT2D eigenvalue weighted by atomic mass is 14.9. The van der Waals surface area contributed by atoms with Gasteiger partial charge in [-0.1, -0.05) is 51.1 Å². The van der Waals surface area contributed by atoms with Crippen molar-refractivity contribution in [2.45, 2.75) is 33.4 Å². The number of nitrogens with zero attached hydrogens (tertiary/aromatic N) is 1. The summed E-state index contributed by atoms with van der Waals surface area (Å²) in [6.07, 6.45) is 0. The van der Waals surface area contributed by atoms with Gasteiger partial charge < -0.3 is 0 Å². The molecule has 1 aromatic carbocycles. The second-order valence-corrected chi connectivity index (χ2v) is 4.79. The van der Waals surface area contributed by atoms with Crippen molar-refractivity contribution in [3.63, 3.8) is 0 Å². The normalized spacial score (nSPS) is 13.2. The molecule has 1 aromatic rings. The van der Waals surface area contributed by atoms with E-state index in [2.05, 4.69) is 44.3 Å². The van der Waals surface area contributed by atoms with Gasteiger partial charge in [-0.2, -0.15) is 5.26 Å². The molecule has 15 heavy (non-hydrogen) atoms. The minimum atomic E-state index is -0.113. The topological polar surface area (TPSA) is 35.8 Å². The summed E-state index contributed by atoms with van der Waals surface area (Å²) in [7, 11) is 0. The van der Waals surface area contributed by atoms with Crippen LogP contribution in [0, 0.1) is 16.7 Å². The molecule has 0 fully saturated rings. The summed E-state index contributed by atoms with van der Waals surface area (Å²) in [6, 6.07) is 12.3. The van der Waals surface area contributed by atoms with E-state index in [9.17, 15) is 0 Å². The molecule has 2 heteroatoms. The fraction of sp³-hybridized carbons (Fsp3) is 0.462. The third-order valence-corrected chi connectivity index (χ3v) is 2.35. The Morgan fingerprint density at radius 2 is 1.87 bits per heavy atom. The van der Waals surface area contributed by atoms with Crippen LogP contribution in [0.5, 0.6) is 0 Å². The minimum absolute atomic E-state index is 0.0243. The largest absolute Gasteiger partial charge is 0.297 e. The van der Waals surface area contributed by atoms with E-state index in [1.165, 1.54) is 5.56 Å². The molecule has 80 valence electrons. The van der Waals surface area contributed by atoms with E-state index in [4.69, 9.17) is 5.26 Å². The number of hydrogen-bond acceptors (Lipinski definition) is 2. The SMILES string of the molecule is CC(C)(C)[C@H](C#N)NCc1ccccc1. The molecule has 0 aliphatic rings. The van der Waals surface area contributed by atoms with E-state index in [1.54, 1.807) is 0 Å². The second-order valence-electron chi connectivity index (χ2n) is 4.79. The monoisotopic (exact) mass is 202 g/mol. The first-order chi connectivity index (χ1) is 7.04. The molecule has 0 unspecified atom stereocenters. The Hall–Kier alpha value is -1.33. The summed E-state index contributed by atoms with van der Waals surface area (Å²) in [5, 5.41) is 12.3. The molecular formula is C13H18N2. The number of nitrogens with one attached hydrogen (secondary N) is 1. The van der Waals surface area contributed by atoms with E-state index in [-0.39, 0.29) is 11.5 Å². The van der Waals surface area contributed by atoms with E-state index in [0.29, 0.717) is 0 Å². The van der Waals surface area contributed by atoms with Gasteiger partial charge in [0.25, 0.3) is 0 Å². The predicted octanol–water partition coefficient (Wildman–Crippen LogP) is 2.71. The highest BCUT2D eigenvalue weighted by Gasteiger charge is 2.23. The molecule has 1 atom stereocenters. The van der Waals surface area contributed by atoms with Gasteiger partial charge in [0.05, 0.1) is 6.07 Å². The maximum atomic E-state index is 9.03. The van der Waals surface area contributed by atoms with Crippen molar-refractivity contribution >= 4 is 0 Å². The third-order valence-electron chi connectivity index (χ3n) is 2.35. The Kier molecular flexibility index (Phi) is 3.88. The molecule has 0 aliphatic carbocycles. The Balaban J connectivity index is 2.54. The Labute approximate surface area is 91.9 Å². The zero-order valence-corrected chi connectivity index (χ0v) is 9.62. The molecule has 0 aliphatic heterocycles. The lowest BCUT2D eigenvalue weighted by Crippen LogP contribution is -2.38. The van der Waals surface area contributed by atoms with Gasteiger partial charge in [-0.3, -0.25) is 5.32 Å². The molecule has 2 nitrogen and oxygen atoms in total. The van der Waals surface area contributed by atoms with Crippen LogP contribution in [0.15, 0.2) is 30.3 Å². The standard InChI is InChI=1S/C13H18N2/c1-13(2,3)12(9-14)15-10-11-7-5-4-6-8-11/h4-8,12,15H,10H2,1-3H3/t12-/m0/s1. The first-order valence-corrected chi connectivity index (χ1v) is 5.21. The number of nitriles is 1. The summed E-state index contributed by atoms with van der Waals surface area (Å²) < 4.78 is 0. The van der Waals surface area contributed by atoms with Gasteiger partial charge in [-0.25, -0.2) is 0 Å². The van der Waals surface area contributed by atoms with Crippen molar-refractivity contribution in [1.82, 2.24) is 5.32 Å². The maximum Gasteiger partial charge on any atom is 0.100 e. The van der Waals surface area contributed by atoms with E-state index < -0.39 is 0 Å². The summed E-state index contributed by atoms with van der Waals surface area (Å²) in [4.78, 5) is 0. The zero-order chi connectivity index (χ0) is 11.3. The van der Waals surface area contributed by atoms with Crippen LogP contribution in [0.1, 0.15) is 26.3 Å². The van der Waals surface area contributed by atoms with Gasteiger partial charge in [0.1, 0.15) is 6.04 Å². The fourth-order valence-electron chi connectivity index (χ4n) is 1.36. The van der Waals surface area contributed by atoms with E-state index in [0.717, 1.165) is 6.54 Å². The highest BCUT2D eigenvalue weighted by Crippen LogP contribution is 2.18. The molecule has 1 rings (SSSR count). The predicted molar refractivity (Wildman–Crippen MR) is 62.1 cm³/mol. The van der Waals surface area contributed by atoms with Crippen LogP contribution < -0.4 is 5.32 Å². The van der Waals surface area contributed by atoms with E-state index >= 15 is 0 Å². The summed E-state index contributed by atoms with van der Waals surface area (Å²) >= 11 is 0. The van der Waals surface area contributed by atoms with Crippen LogP contribution in [-0.4, -0.2) is 6.04 Å². The van der Waals surface area contributed by atoms with Gasteiger partial charge in [-0.05, 0) is 11.0 Å². The van der Waals surface area contributed by atoms with Crippen LogP contribution in [-0.2, 0) is 6.54 Å². The van der Waals surface area contributed by atoms with E-state index in [1.807, 2.05) is 18.2 Å². The van der Waals surface area contributed by atoms with Crippen LogP contribution in [0.4, 0.5) is 0 Å². The molecule has 1 N–H and O–H groups in total. The van der Waals surface area contributed by atoms with Crippen molar-refractivity contribution < 1.29 is 0 Å². The van der Waals surface area contributed by atoms with Gasteiger partial charge in [-0.15, -0.1) is 0 Å². The first kappa shape index (κ1) is 11.7. The molecule has 0 saturated carbocycles. The maximum absolute atomic E-state index is 9.03. The molecule has 0 aromatic heterocycles. The molecule has 0 radical (unpaired) electrons. The lowest BCUT2D eigenvalue weighted by atomic mass is 9.87. The second kappa shape index (κ2) is 4.95. The van der Waals surface area contributed by atoms with Crippen molar-refractivity contribution in [3.05, 3.63) is 35.9 Å². The minimum Gasteiger partial charge on any atom is -0.297 e. The Morgan fingerprint density at radius 1 is 1.27 bits per heavy atom. The average molecular weight is 202 g/mol. The zero-order valence-electron chi connectivity index (χ0n) is 9.62. The Bertz CT molecular complexity index is 330. The first-order valence-electron chi connectivity index (χ1n) is 5.21. The molecule has 0 saturated heterocycles. The van der Waals surface area contributed by atoms with Crippen LogP contribution in [0.3, 0.4) is 0 Å². The molecular weight excluding hydrogens is 184 g/mol. The lowest BCUT2D eigenvalue weighted by Gasteiger charge is -2.25.